The molecule has 10 heteroatoms. The van der Waals surface area contributed by atoms with Crippen molar-refractivity contribution in [1.29, 1.82) is 0 Å². The van der Waals surface area contributed by atoms with Gasteiger partial charge < -0.3 is 4.74 Å². The topological polar surface area (TPSA) is 114 Å². The summed E-state index contributed by atoms with van der Waals surface area (Å²) in [6.07, 6.45) is 2.82. The van der Waals surface area contributed by atoms with Gasteiger partial charge in [-0.2, -0.15) is 4.98 Å². The molecular weight excluding hydrogens is 356 g/mol. The van der Waals surface area contributed by atoms with Gasteiger partial charge in [0, 0.05) is 17.8 Å². The van der Waals surface area contributed by atoms with Crippen LogP contribution < -0.4 is 15.6 Å². The first-order valence-electron chi connectivity index (χ1n) is 7.49. The van der Waals surface area contributed by atoms with Gasteiger partial charge >= 0.3 is 0 Å². The molecule has 4 aromatic rings. The van der Waals surface area contributed by atoms with Crippen molar-refractivity contribution >= 4 is 28.2 Å². The van der Waals surface area contributed by atoms with Crippen LogP contribution in [0.5, 0.6) is 5.75 Å². The third kappa shape index (κ3) is 2.71. The molecule has 1 aromatic carbocycles. The molecule has 4 rings (SSSR count). The van der Waals surface area contributed by atoms with E-state index >= 15 is 0 Å². The van der Waals surface area contributed by atoms with Gasteiger partial charge in [0.1, 0.15) is 11.3 Å². The Hall–Kier alpha value is -3.53. The van der Waals surface area contributed by atoms with Crippen LogP contribution in [0.1, 0.15) is 10.4 Å². The van der Waals surface area contributed by atoms with E-state index in [1.54, 1.807) is 24.8 Å². The van der Waals surface area contributed by atoms with Gasteiger partial charge in [0.05, 0.1) is 12.7 Å². The SMILES string of the molecule is COc1ccccc1-c1nc(NC(=O)c2cnc3sccn3c2=O)n[nH]1. The zero-order chi connectivity index (χ0) is 18.1. The Balaban J connectivity index is 1.61. The van der Waals surface area contributed by atoms with Gasteiger partial charge in [-0.3, -0.25) is 24.4 Å². The van der Waals surface area contributed by atoms with E-state index < -0.39 is 11.5 Å². The Morgan fingerprint density at radius 2 is 2.19 bits per heavy atom. The first-order chi connectivity index (χ1) is 12.7. The molecule has 0 aliphatic rings. The van der Waals surface area contributed by atoms with Gasteiger partial charge in [0.25, 0.3) is 11.5 Å². The van der Waals surface area contributed by atoms with Crippen molar-refractivity contribution in [1.82, 2.24) is 24.6 Å². The summed E-state index contributed by atoms with van der Waals surface area (Å²) in [5, 5.41) is 10.9. The number of fused-ring (bicyclic) bond motifs is 1. The minimum Gasteiger partial charge on any atom is -0.496 e. The average molecular weight is 368 g/mol. The fourth-order valence-corrected chi connectivity index (χ4v) is 3.10. The number of amides is 1. The number of anilines is 1. The summed E-state index contributed by atoms with van der Waals surface area (Å²) in [4.78, 5) is 33.6. The summed E-state index contributed by atoms with van der Waals surface area (Å²) < 4.78 is 6.60. The fraction of sp³-hybridized carbons (Fsp3) is 0.0625. The lowest BCUT2D eigenvalue weighted by atomic mass is 10.2. The summed E-state index contributed by atoms with van der Waals surface area (Å²) in [5.41, 5.74) is 0.156. The maximum Gasteiger partial charge on any atom is 0.271 e. The molecule has 0 spiro atoms. The highest BCUT2D eigenvalue weighted by atomic mass is 32.1. The first kappa shape index (κ1) is 16.0. The van der Waals surface area contributed by atoms with Crippen molar-refractivity contribution < 1.29 is 9.53 Å². The van der Waals surface area contributed by atoms with E-state index in [9.17, 15) is 9.59 Å². The number of aromatic nitrogens is 5. The number of nitrogens with zero attached hydrogens (tertiary/aromatic N) is 4. The van der Waals surface area contributed by atoms with E-state index in [-0.39, 0.29) is 11.5 Å². The van der Waals surface area contributed by atoms with Gasteiger partial charge in [0.2, 0.25) is 5.95 Å². The van der Waals surface area contributed by atoms with Crippen molar-refractivity contribution in [2.24, 2.45) is 0 Å². The van der Waals surface area contributed by atoms with Gasteiger partial charge in [-0.15, -0.1) is 16.4 Å². The number of nitrogens with one attached hydrogen (secondary N) is 2. The molecule has 0 atom stereocenters. The molecule has 130 valence electrons. The average Bonchev–Trinajstić information content (AvgIpc) is 3.31. The van der Waals surface area contributed by atoms with Crippen LogP contribution in [0.2, 0.25) is 0 Å². The van der Waals surface area contributed by atoms with Gasteiger partial charge in [-0.1, -0.05) is 12.1 Å². The minimum atomic E-state index is -0.631. The quantitative estimate of drug-likeness (QED) is 0.568. The predicted octanol–water partition coefficient (Wildman–Crippen LogP) is 1.80. The molecule has 0 saturated heterocycles. The lowest BCUT2D eigenvalue weighted by Crippen LogP contribution is -2.26. The van der Waals surface area contributed by atoms with Gasteiger partial charge in [-0.25, -0.2) is 4.98 Å². The Bertz CT molecular complexity index is 1160. The molecule has 0 aliphatic carbocycles. The Morgan fingerprint density at radius 3 is 3.04 bits per heavy atom. The van der Waals surface area contributed by atoms with E-state index in [2.05, 4.69) is 25.5 Å². The fourth-order valence-electron chi connectivity index (χ4n) is 2.43. The summed E-state index contributed by atoms with van der Waals surface area (Å²) in [6, 6.07) is 7.27. The second-order valence-electron chi connectivity index (χ2n) is 5.19. The summed E-state index contributed by atoms with van der Waals surface area (Å²) in [6.45, 7) is 0. The number of carbonyl (C=O) groups excluding carboxylic acids is 1. The lowest BCUT2D eigenvalue weighted by Gasteiger charge is -2.04. The number of hydrogen-bond donors (Lipinski definition) is 2. The number of carbonyl (C=O) groups is 1. The number of H-pyrrole nitrogens is 1. The van der Waals surface area contributed by atoms with E-state index in [4.69, 9.17) is 4.74 Å². The molecule has 0 radical (unpaired) electrons. The lowest BCUT2D eigenvalue weighted by molar-refractivity contribution is 0.102. The molecular formula is C16H12N6O3S. The predicted molar refractivity (Wildman–Crippen MR) is 95.7 cm³/mol. The second-order valence-corrected chi connectivity index (χ2v) is 6.07. The van der Waals surface area contributed by atoms with Crippen LogP contribution in [0.15, 0.2) is 46.8 Å². The smallest absolute Gasteiger partial charge is 0.271 e. The van der Waals surface area contributed by atoms with Crippen molar-refractivity contribution in [3.05, 3.63) is 58.0 Å². The van der Waals surface area contributed by atoms with E-state index in [1.807, 2.05) is 18.2 Å². The van der Waals surface area contributed by atoms with Crippen molar-refractivity contribution in [3.63, 3.8) is 0 Å². The highest BCUT2D eigenvalue weighted by Gasteiger charge is 2.17. The molecule has 0 bridgehead atoms. The normalized spacial score (nSPS) is 10.8. The number of rotatable bonds is 4. The van der Waals surface area contributed by atoms with Crippen molar-refractivity contribution in [2.45, 2.75) is 0 Å². The van der Waals surface area contributed by atoms with E-state index in [1.165, 1.54) is 21.9 Å². The Kier molecular flexibility index (Phi) is 3.93. The third-order valence-corrected chi connectivity index (χ3v) is 4.43. The number of methoxy groups -OCH3 is 1. The Labute approximate surface area is 150 Å². The van der Waals surface area contributed by atoms with Crippen LogP contribution in [0, 0.1) is 0 Å². The molecule has 26 heavy (non-hydrogen) atoms. The molecule has 3 aromatic heterocycles. The number of benzene rings is 1. The number of ether oxygens (including phenoxy) is 1. The third-order valence-electron chi connectivity index (χ3n) is 3.66. The maximum absolute atomic E-state index is 12.4. The zero-order valence-corrected chi connectivity index (χ0v) is 14.3. The molecule has 0 aliphatic heterocycles. The van der Waals surface area contributed by atoms with Gasteiger partial charge in [-0.05, 0) is 12.1 Å². The second kappa shape index (κ2) is 6.41. The van der Waals surface area contributed by atoms with Gasteiger partial charge in [0.15, 0.2) is 10.8 Å². The summed E-state index contributed by atoms with van der Waals surface area (Å²) >= 11 is 1.31. The summed E-state index contributed by atoms with van der Waals surface area (Å²) in [7, 11) is 1.55. The number of para-hydroxylation sites is 1. The highest BCUT2D eigenvalue weighted by Crippen LogP contribution is 2.27. The molecule has 0 fully saturated rings. The Morgan fingerprint density at radius 1 is 1.35 bits per heavy atom. The molecule has 2 N–H and O–H groups in total. The zero-order valence-electron chi connectivity index (χ0n) is 13.5. The van der Waals surface area contributed by atoms with Crippen LogP contribution in [-0.2, 0) is 0 Å². The van der Waals surface area contributed by atoms with Crippen LogP contribution in [0.3, 0.4) is 0 Å². The van der Waals surface area contributed by atoms with Crippen molar-refractivity contribution in [3.8, 4) is 17.1 Å². The minimum absolute atomic E-state index is 0.0470. The highest BCUT2D eigenvalue weighted by molar-refractivity contribution is 7.15. The van der Waals surface area contributed by atoms with Crippen LogP contribution in [-0.4, -0.2) is 37.6 Å². The van der Waals surface area contributed by atoms with E-state index in [0.717, 1.165) is 0 Å². The monoisotopic (exact) mass is 368 g/mol. The maximum atomic E-state index is 12.4. The number of hydrogen-bond acceptors (Lipinski definition) is 7. The van der Waals surface area contributed by atoms with Crippen molar-refractivity contribution in [2.75, 3.05) is 12.4 Å². The molecule has 3 heterocycles. The number of aromatic amines is 1. The largest absolute Gasteiger partial charge is 0.496 e. The molecule has 1 amide bonds. The standard InChI is InChI=1S/C16H12N6O3S/c1-25-11-5-3-2-4-9(11)12-18-15(21-20-12)19-13(23)10-8-17-16-22(14(10)24)6-7-26-16/h2-8H,1H3,(H2,18,19,20,21,23). The molecule has 9 nitrogen and oxygen atoms in total. The molecule has 0 unspecified atom stereocenters. The number of thiazole rings is 1. The van der Waals surface area contributed by atoms with Crippen LogP contribution in [0.25, 0.3) is 16.3 Å². The van der Waals surface area contributed by atoms with Crippen LogP contribution >= 0.6 is 11.3 Å². The molecule has 0 saturated carbocycles. The summed E-state index contributed by atoms with van der Waals surface area (Å²) in [5.74, 6) is 0.465. The van der Waals surface area contributed by atoms with E-state index in [0.29, 0.717) is 22.1 Å². The van der Waals surface area contributed by atoms with Crippen LogP contribution in [0.4, 0.5) is 5.95 Å². The first-order valence-corrected chi connectivity index (χ1v) is 8.37.